The lowest BCUT2D eigenvalue weighted by atomic mass is 9.79. The third-order valence-electron chi connectivity index (χ3n) is 2.49. The van der Waals surface area contributed by atoms with E-state index in [4.69, 9.17) is 0 Å². The van der Waals surface area contributed by atoms with Gasteiger partial charge in [0.25, 0.3) is 0 Å². The van der Waals surface area contributed by atoms with E-state index in [1.807, 2.05) is 6.21 Å². The summed E-state index contributed by atoms with van der Waals surface area (Å²) < 4.78 is 0. The maximum atomic E-state index is 4.44. The Balaban J connectivity index is 1.96. The zero-order chi connectivity index (χ0) is 6.81. The molecule has 0 saturated heterocycles. The highest BCUT2D eigenvalue weighted by Crippen LogP contribution is 2.32. The number of dihydropyridines is 1. The van der Waals surface area contributed by atoms with Crippen molar-refractivity contribution in [1.29, 1.82) is 0 Å². The van der Waals surface area contributed by atoms with Crippen LogP contribution < -0.4 is 0 Å². The molecule has 10 heavy (non-hydrogen) atoms. The second-order valence-corrected chi connectivity index (χ2v) is 3.18. The maximum Gasteiger partial charge on any atom is 0.0704 e. The summed E-state index contributed by atoms with van der Waals surface area (Å²) in [5, 5.41) is 0. The molecule has 1 aliphatic carbocycles. The lowest BCUT2D eigenvalue weighted by molar-refractivity contribution is 0.289. The molecule has 0 spiro atoms. The summed E-state index contributed by atoms with van der Waals surface area (Å²) in [6.07, 6.45) is 11.8. The molecule has 1 heteroatoms. The molecule has 0 bridgehead atoms. The van der Waals surface area contributed by atoms with Crippen LogP contribution in [0.4, 0.5) is 0 Å². The molecule has 54 valence electrons. The van der Waals surface area contributed by atoms with Gasteiger partial charge in [0.1, 0.15) is 0 Å². The minimum atomic E-state index is 0.544. The molecule has 1 heterocycles. The summed E-state index contributed by atoms with van der Waals surface area (Å²) in [4.78, 5) is 4.44. The van der Waals surface area contributed by atoms with Gasteiger partial charge in [-0.05, 0) is 18.8 Å². The molecule has 1 unspecified atom stereocenters. The van der Waals surface area contributed by atoms with E-state index in [0.717, 1.165) is 12.3 Å². The van der Waals surface area contributed by atoms with Crippen molar-refractivity contribution in [3.63, 3.8) is 0 Å². The summed E-state index contributed by atoms with van der Waals surface area (Å²) >= 11 is 0. The average molecular weight is 135 g/mol. The molecular weight excluding hydrogens is 122 g/mol. The van der Waals surface area contributed by atoms with Gasteiger partial charge >= 0.3 is 0 Å². The number of hydrogen-bond acceptors (Lipinski definition) is 1. The summed E-state index contributed by atoms with van der Waals surface area (Å²) in [6, 6.07) is 0.544. The lowest BCUT2D eigenvalue weighted by Gasteiger charge is -2.30. The third kappa shape index (κ3) is 1.00. The molecule has 2 rings (SSSR count). The van der Waals surface area contributed by atoms with Crippen molar-refractivity contribution in [2.45, 2.75) is 31.7 Å². The fraction of sp³-hybridized carbons (Fsp3) is 0.667. The van der Waals surface area contributed by atoms with Gasteiger partial charge in [0.2, 0.25) is 0 Å². The van der Waals surface area contributed by atoms with Gasteiger partial charge in [-0.1, -0.05) is 18.6 Å². The first-order chi connectivity index (χ1) is 4.97. The number of hydrogen-bond donors (Lipinski definition) is 0. The molecular formula is C9H13N. The van der Waals surface area contributed by atoms with E-state index in [0.29, 0.717) is 6.04 Å². The summed E-state index contributed by atoms with van der Waals surface area (Å²) in [5.74, 6) is 0.882. The number of allylic oxidation sites excluding steroid dienone is 1. The van der Waals surface area contributed by atoms with Crippen LogP contribution in [0.5, 0.6) is 0 Å². The fourth-order valence-electron chi connectivity index (χ4n) is 1.57. The quantitative estimate of drug-likeness (QED) is 0.489. The highest BCUT2D eigenvalue weighted by atomic mass is 14.8. The molecule has 1 nitrogen and oxygen atoms in total. The van der Waals surface area contributed by atoms with Crippen molar-refractivity contribution in [1.82, 2.24) is 0 Å². The van der Waals surface area contributed by atoms with E-state index in [1.54, 1.807) is 0 Å². The second-order valence-electron chi connectivity index (χ2n) is 3.18. The van der Waals surface area contributed by atoms with Gasteiger partial charge in [-0.25, -0.2) is 0 Å². The van der Waals surface area contributed by atoms with Crippen molar-refractivity contribution in [2.24, 2.45) is 10.9 Å². The van der Waals surface area contributed by atoms with Crippen LogP contribution in [0.25, 0.3) is 0 Å². The van der Waals surface area contributed by atoms with Crippen LogP contribution in [-0.2, 0) is 0 Å². The largest absolute Gasteiger partial charge is 0.289 e. The van der Waals surface area contributed by atoms with Crippen LogP contribution in [0.1, 0.15) is 25.7 Å². The van der Waals surface area contributed by atoms with Crippen LogP contribution in [-0.4, -0.2) is 12.3 Å². The fourth-order valence-corrected chi connectivity index (χ4v) is 1.57. The first-order valence-corrected chi connectivity index (χ1v) is 4.15. The normalized spacial score (nSPS) is 32.2. The van der Waals surface area contributed by atoms with Crippen LogP contribution in [0.3, 0.4) is 0 Å². The second kappa shape index (κ2) is 2.57. The molecule has 1 fully saturated rings. The minimum absolute atomic E-state index is 0.544. The standard InChI is InChI=1S/C9H13N/c1-2-7-10-9(6-1)8-4-3-5-8/h1,6-9H,2-5H2. The van der Waals surface area contributed by atoms with Gasteiger partial charge in [0, 0.05) is 12.6 Å². The van der Waals surface area contributed by atoms with E-state index < -0.39 is 0 Å². The predicted octanol–water partition coefficient (Wildman–Crippen LogP) is 2.19. The molecule has 0 amide bonds. The van der Waals surface area contributed by atoms with Crippen LogP contribution in [0.2, 0.25) is 0 Å². The molecule has 0 aromatic carbocycles. The zero-order valence-corrected chi connectivity index (χ0v) is 6.16. The molecule has 1 saturated carbocycles. The van der Waals surface area contributed by atoms with Crippen LogP contribution in [0, 0.1) is 5.92 Å². The molecule has 0 N–H and O–H groups in total. The van der Waals surface area contributed by atoms with Gasteiger partial charge in [0.15, 0.2) is 0 Å². The zero-order valence-electron chi connectivity index (χ0n) is 6.16. The Morgan fingerprint density at radius 2 is 2.20 bits per heavy atom. The Bertz CT molecular complexity index is 154. The first kappa shape index (κ1) is 6.14. The number of nitrogens with zero attached hydrogens (tertiary/aromatic N) is 1. The Kier molecular flexibility index (Phi) is 1.58. The molecule has 0 radical (unpaired) electrons. The molecule has 0 aromatic heterocycles. The Morgan fingerprint density at radius 3 is 2.70 bits per heavy atom. The highest BCUT2D eigenvalue weighted by molar-refractivity contribution is 5.61. The van der Waals surface area contributed by atoms with Gasteiger partial charge in [-0.15, -0.1) is 0 Å². The molecule has 1 aliphatic heterocycles. The summed E-state index contributed by atoms with van der Waals surface area (Å²) in [6.45, 7) is 0. The first-order valence-electron chi connectivity index (χ1n) is 4.15. The Labute approximate surface area is 61.9 Å². The third-order valence-corrected chi connectivity index (χ3v) is 2.49. The SMILES string of the molecule is C1=CC(C2CCC2)N=CC1. The predicted molar refractivity (Wildman–Crippen MR) is 43.4 cm³/mol. The van der Waals surface area contributed by atoms with Crippen molar-refractivity contribution in [3.8, 4) is 0 Å². The minimum Gasteiger partial charge on any atom is -0.289 e. The average Bonchev–Trinajstić information content (AvgIpc) is 1.86. The number of aliphatic imine (C=N–C) groups is 1. The van der Waals surface area contributed by atoms with Crippen molar-refractivity contribution < 1.29 is 0 Å². The smallest absolute Gasteiger partial charge is 0.0704 e. The molecule has 2 aliphatic rings. The van der Waals surface area contributed by atoms with Gasteiger partial charge < -0.3 is 0 Å². The maximum absolute atomic E-state index is 4.44. The van der Waals surface area contributed by atoms with Crippen LogP contribution >= 0.6 is 0 Å². The molecule has 0 aromatic rings. The van der Waals surface area contributed by atoms with E-state index in [-0.39, 0.29) is 0 Å². The highest BCUT2D eigenvalue weighted by Gasteiger charge is 2.24. The Morgan fingerprint density at radius 1 is 1.30 bits per heavy atom. The van der Waals surface area contributed by atoms with Crippen molar-refractivity contribution in [2.75, 3.05) is 0 Å². The molecule has 1 atom stereocenters. The van der Waals surface area contributed by atoms with Gasteiger partial charge in [-0.2, -0.15) is 0 Å². The van der Waals surface area contributed by atoms with Gasteiger partial charge in [0.05, 0.1) is 6.04 Å². The monoisotopic (exact) mass is 135 g/mol. The van der Waals surface area contributed by atoms with E-state index >= 15 is 0 Å². The topological polar surface area (TPSA) is 12.4 Å². The van der Waals surface area contributed by atoms with E-state index in [1.165, 1.54) is 19.3 Å². The number of rotatable bonds is 1. The van der Waals surface area contributed by atoms with E-state index in [9.17, 15) is 0 Å². The van der Waals surface area contributed by atoms with Gasteiger partial charge in [-0.3, -0.25) is 4.99 Å². The summed E-state index contributed by atoms with van der Waals surface area (Å²) in [5.41, 5.74) is 0. The van der Waals surface area contributed by atoms with Crippen LogP contribution in [0.15, 0.2) is 17.1 Å². The summed E-state index contributed by atoms with van der Waals surface area (Å²) in [7, 11) is 0. The van der Waals surface area contributed by atoms with Crippen molar-refractivity contribution >= 4 is 6.21 Å². The Hall–Kier alpha value is -0.590. The lowest BCUT2D eigenvalue weighted by Crippen LogP contribution is -2.24. The van der Waals surface area contributed by atoms with Crippen molar-refractivity contribution in [3.05, 3.63) is 12.2 Å². The van der Waals surface area contributed by atoms with E-state index in [2.05, 4.69) is 17.1 Å².